The number of carbonyl (C=O) groups is 1. The molecular formula is C18H20F2N2O2. The van der Waals surface area contributed by atoms with E-state index in [0.717, 1.165) is 30.8 Å². The molecule has 0 atom stereocenters. The van der Waals surface area contributed by atoms with Gasteiger partial charge in [-0.25, -0.2) is 8.78 Å². The van der Waals surface area contributed by atoms with Crippen molar-refractivity contribution in [3.63, 3.8) is 0 Å². The van der Waals surface area contributed by atoms with E-state index in [9.17, 15) is 13.6 Å². The molecule has 0 heterocycles. The van der Waals surface area contributed by atoms with Crippen molar-refractivity contribution in [1.82, 2.24) is 5.32 Å². The van der Waals surface area contributed by atoms with Gasteiger partial charge in [0.2, 0.25) is 5.91 Å². The average Bonchev–Trinajstić information content (AvgIpc) is 2.57. The first-order chi connectivity index (χ1) is 11.6. The number of methoxy groups -OCH3 is 1. The normalized spacial score (nSPS) is 10.5. The summed E-state index contributed by atoms with van der Waals surface area (Å²) in [5.41, 5.74) is 1.15. The molecular weight excluding hydrogens is 314 g/mol. The highest BCUT2D eigenvalue weighted by Crippen LogP contribution is 2.15. The van der Waals surface area contributed by atoms with Gasteiger partial charge in [0.05, 0.1) is 12.8 Å². The Kier molecular flexibility index (Phi) is 6.69. The summed E-state index contributed by atoms with van der Waals surface area (Å²) >= 11 is 0. The van der Waals surface area contributed by atoms with Gasteiger partial charge < -0.3 is 15.4 Å². The first-order valence-electron chi connectivity index (χ1n) is 7.67. The second-order valence-electron chi connectivity index (χ2n) is 5.27. The lowest BCUT2D eigenvalue weighted by atomic mass is 10.1. The fourth-order valence-corrected chi connectivity index (χ4v) is 2.16. The molecule has 24 heavy (non-hydrogen) atoms. The Morgan fingerprint density at radius 2 is 1.83 bits per heavy atom. The van der Waals surface area contributed by atoms with E-state index in [-0.39, 0.29) is 18.0 Å². The lowest BCUT2D eigenvalue weighted by Gasteiger charge is -2.08. The number of hydrogen-bond donors (Lipinski definition) is 2. The van der Waals surface area contributed by atoms with E-state index in [2.05, 4.69) is 10.6 Å². The number of ether oxygens (including phenoxy) is 1. The Labute approximate surface area is 139 Å². The summed E-state index contributed by atoms with van der Waals surface area (Å²) in [6, 6.07) is 10.8. The summed E-state index contributed by atoms with van der Waals surface area (Å²) in [6.07, 6.45) is 1.04. The van der Waals surface area contributed by atoms with Crippen LogP contribution in [-0.4, -0.2) is 26.1 Å². The molecule has 2 rings (SSSR count). The standard InChI is InChI=1S/C18H20F2N2O2/c1-24-15-5-2-13(3-6-15)8-10-21-11-9-18(23)22-17-7-4-14(19)12-16(17)20/h2-7,12,21H,8-11H2,1H3,(H,22,23). The smallest absolute Gasteiger partial charge is 0.225 e. The lowest BCUT2D eigenvalue weighted by Crippen LogP contribution is -2.23. The molecule has 0 radical (unpaired) electrons. The SMILES string of the molecule is COc1ccc(CCNCCC(=O)Nc2ccc(F)cc2F)cc1. The molecule has 0 aliphatic rings. The largest absolute Gasteiger partial charge is 0.497 e. The molecule has 0 saturated heterocycles. The van der Waals surface area contributed by atoms with Crippen LogP contribution in [0.1, 0.15) is 12.0 Å². The highest BCUT2D eigenvalue weighted by atomic mass is 19.1. The van der Waals surface area contributed by atoms with Gasteiger partial charge in [-0.05, 0) is 42.8 Å². The van der Waals surface area contributed by atoms with E-state index in [1.54, 1.807) is 7.11 Å². The van der Waals surface area contributed by atoms with Crippen LogP contribution in [0.3, 0.4) is 0 Å². The number of carbonyl (C=O) groups excluding carboxylic acids is 1. The third-order valence-corrected chi connectivity index (χ3v) is 3.48. The van der Waals surface area contributed by atoms with Crippen LogP contribution in [0.2, 0.25) is 0 Å². The van der Waals surface area contributed by atoms with Crippen molar-refractivity contribution in [3.05, 3.63) is 59.7 Å². The summed E-state index contributed by atoms with van der Waals surface area (Å²) in [5.74, 6) is -0.963. The van der Waals surface area contributed by atoms with Crippen molar-refractivity contribution in [2.24, 2.45) is 0 Å². The molecule has 2 aromatic carbocycles. The van der Waals surface area contributed by atoms with Gasteiger partial charge in [-0.15, -0.1) is 0 Å². The minimum atomic E-state index is -0.782. The van der Waals surface area contributed by atoms with Crippen LogP contribution in [0.5, 0.6) is 5.75 Å². The molecule has 0 fully saturated rings. The van der Waals surface area contributed by atoms with Crippen LogP contribution in [-0.2, 0) is 11.2 Å². The molecule has 0 aliphatic carbocycles. The van der Waals surface area contributed by atoms with Crippen LogP contribution in [0.15, 0.2) is 42.5 Å². The number of amides is 1. The predicted octanol–water partition coefficient (Wildman–Crippen LogP) is 3.13. The van der Waals surface area contributed by atoms with Crippen molar-refractivity contribution >= 4 is 11.6 Å². The fraction of sp³-hybridized carbons (Fsp3) is 0.278. The number of hydrogen-bond acceptors (Lipinski definition) is 3. The predicted molar refractivity (Wildman–Crippen MR) is 89.2 cm³/mol. The molecule has 2 aromatic rings. The van der Waals surface area contributed by atoms with Crippen molar-refractivity contribution in [2.75, 3.05) is 25.5 Å². The first kappa shape index (κ1) is 17.9. The molecule has 0 aliphatic heterocycles. The van der Waals surface area contributed by atoms with E-state index in [1.807, 2.05) is 24.3 Å². The third kappa shape index (κ3) is 5.62. The van der Waals surface area contributed by atoms with Crippen LogP contribution < -0.4 is 15.4 Å². The molecule has 4 nitrogen and oxygen atoms in total. The van der Waals surface area contributed by atoms with Crippen LogP contribution >= 0.6 is 0 Å². The number of anilines is 1. The molecule has 1 amide bonds. The van der Waals surface area contributed by atoms with E-state index in [1.165, 1.54) is 11.6 Å². The van der Waals surface area contributed by atoms with E-state index >= 15 is 0 Å². The zero-order valence-corrected chi connectivity index (χ0v) is 13.4. The highest BCUT2D eigenvalue weighted by Gasteiger charge is 2.07. The number of nitrogens with one attached hydrogen (secondary N) is 2. The molecule has 0 bridgehead atoms. The molecule has 0 saturated carbocycles. The van der Waals surface area contributed by atoms with Gasteiger partial charge in [0.1, 0.15) is 17.4 Å². The van der Waals surface area contributed by atoms with Crippen molar-refractivity contribution in [2.45, 2.75) is 12.8 Å². The monoisotopic (exact) mass is 334 g/mol. The van der Waals surface area contributed by atoms with Crippen molar-refractivity contribution in [1.29, 1.82) is 0 Å². The molecule has 128 valence electrons. The summed E-state index contributed by atoms with van der Waals surface area (Å²) in [4.78, 5) is 11.7. The Hall–Kier alpha value is -2.47. The zero-order chi connectivity index (χ0) is 17.4. The molecule has 0 spiro atoms. The molecule has 6 heteroatoms. The maximum Gasteiger partial charge on any atom is 0.225 e. The van der Waals surface area contributed by atoms with Gasteiger partial charge in [-0.1, -0.05) is 12.1 Å². The lowest BCUT2D eigenvalue weighted by molar-refractivity contribution is -0.116. The van der Waals surface area contributed by atoms with Gasteiger partial charge in [-0.3, -0.25) is 4.79 Å². The summed E-state index contributed by atoms with van der Waals surface area (Å²) in [5, 5.41) is 5.58. The molecule has 0 aromatic heterocycles. The minimum absolute atomic E-state index is 0.0142. The number of benzene rings is 2. The van der Waals surface area contributed by atoms with Crippen molar-refractivity contribution < 1.29 is 18.3 Å². The van der Waals surface area contributed by atoms with Crippen LogP contribution in [0, 0.1) is 11.6 Å². The van der Waals surface area contributed by atoms with Crippen LogP contribution in [0.25, 0.3) is 0 Å². The minimum Gasteiger partial charge on any atom is -0.497 e. The van der Waals surface area contributed by atoms with Crippen molar-refractivity contribution in [3.8, 4) is 5.75 Å². The number of rotatable bonds is 8. The van der Waals surface area contributed by atoms with Gasteiger partial charge in [0.15, 0.2) is 0 Å². The molecule has 0 unspecified atom stereocenters. The van der Waals surface area contributed by atoms with E-state index < -0.39 is 11.6 Å². The first-order valence-corrected chi connectivity index (χ1v) is 7.67. The zero-order valence-electron chi connectivity index (χ0n) is 13.4. The Morgan fingerprint density at radius 3 is 2.50 bits per heavy atom. The van der Waals surface area contributed by atoms with Gasteiger partial charge in [0.25, 0.3) is 0 Å². The van der Waals surface area contributed by atoms with Gasteiger partial charge in [-0.2, -0.15) is 0 Å². The quantitative estimate of drug-likeness (QED) is 0.729. The number of halogens is 2. The second kappa shape index (κ2) is 8.98. The Balaban J connectivity index is 1.65. The third-order valence-electron chi connectivity index (χ3n) is 3.48. The van der Waals surface area contributed by atoms with Gasteiger partial charge >= 0.3 is 0 Å². The Bertz CT molecular complexity index is 675. The maximum absolute atomic E-state index is 13.4. The Morgan fingerprint density at radius 1 is 1.08 bits per heavy atom. The van der Waals surface area contributed by atoms with Gasteiger partial charge in [0, 0.05) is 19.0 Å². The van der Waals surface area contributed by atoms with E-state index in [0.29, 0.717) is 6.54 Å². The highest BCUT2D eigenvalue weighted by molar-refractivity contribution is 5.90. The summed E-state index contributed by atoms with van der Waals surface area (Å²) in [6.45, 7) is 1.20. The maximum atomic E-state index is 13.4. The topological polar surface area (TPSA) is 50.4 Å². The van der Waals surface area contributed by atoms with Crippen LogP contribution in [0.4, 0.5) is 14.5 Å². The summed E-state index contributed by atoms with van der Waals surface area (Å²) < 4.78 is 31.3. The summed E-state index contributed by atoms with van der Waals surface area (Å²) in [7, 11) is 1.62. The fourth-order valence-electron chi connectivity index (χ4n) is 2.16. The second-order valence-corrected chi connectivity index (χ2v) is 5.27. The molecule has 2 N–H and O–H groups in total. The average molecular weight is 334 g/mol. The van der Waals surface area contributed by atoms with E-state index in [4.69, 9.17) is 4.74 Å².